The molecule has 0 aromatic heterocycles. The zero-order chi connectivity index (χ0) is 12.5. The number of ether oxygens (including phenoxy) is 1. The molecular formula is C6H7MgO9P. The Labute approximate surface area is 111 Å². The Morgan fingerprint density at radius 2 is 2.06 bits per heavy atom. The summed E-state index contributed by atoms with van der Waals surface area (Å²) in [6.07, 6.45) is -3.30. The van der Waals surface area contributed by atoms with Crippen molar-refractivity contribution in [3.63, 3.8) is 0 Å². The van der Waals surface area contributed by atoms with Gasteiger partial charge in [-0.1, -0.05) is 0 Å². The fraction of sp³-hybridized carbons (Fsp3) is 0.500. The van der Waals surface area contributed by atoms with Gasteiger partial charge in [0, 0.05) is 0 Å². The number of cyclic esters (lactones) is 1. The molecule has 0 amide bonds. The van der Waals surface area contributed by atoms with Crippen LogP contribution in [0.4, 0.5) is 0 Å². The zero-order valence-electron chi connectivity index (χ0n) is 8.31. The first-order chi connectivity index (χ1) is 7.26. The molecular weight excluding hydrogens is 271 g/mol. The molecule has 0 spiro atoms. The van der Waals surface area contributed by atoms with Crippen LogP contribution in [0.5, 0.6) is 0 Å². The Morgan fingerprint density at radius 3 is 2.47 bits per heavy atom. The number of hydrogen-bond acceptors (Lipinski definition) is 9. The van der Waals surface area contributed by atoms with Crippen LogP contribution in [0.3, 0.4) is 0 Å². The van der Waals surface area contributed by atoms with Crippen LogP contribution < -0.4 is 9.79 Å². The number of rotatable bonds is 4. The summed E-state index contributed by atoms with van der Waals surface area (Å²) in [6, 6.07) is 0. The van der Waals surface area contributed by atoms with Crippen LogP contribution in [0, 0.1) is 0 Å². The average Bonchev–Trinajstić information content (AvgIpc) is 2.42. The molecule has 1 aliphatic heterocycles. The predicted octanol–water partition coefficient (Wildman–Crippen LogP) is -3.50. The maximum absolute atomic E-state index is 10.9. The number of esters is 1. The number of aliphatic hydroxyl groups excluding tert-OH is 3. The average molecular weight is 278 g/mol. The minimum absolute atomic E-state index is 0. The molecule has 2 atom stereocenters. The molecule has 3 N–H and O–H groups in total. The summed E-state index contributed by atoms with van der Waals surface area (Å²) >= 11 is 0. The molecule has 17 heavy (non-hydrogen) atoms. The van der Waals surface area contributed by atoms with Gasteiger partial charge in [0.2, 0.25) is 0 Å². The Bertz CT molecular complexity index is 374. The minimum atomic E-state index is -5.52. The first kappa shape index (κ1) is 16.6. The molecule has 1 rings (SSSR count). The zero-order valence-corrected chi connectivity index (χ0v) is 10.6. The van der Waals surface area contributed by atoms with Gasteiger partial charge in [-0.25, -0.2) is 4.79 Å². The van der Waals surface area contributed by atoms with E-state index in [1.807, 2.05) is 0 Å². The molecule has 1 heterocycles. The number of carbonyl (C=O) groups excluding carboxylic acids is 1. The third-order valence-electron chi connectivity index (χ3n) is 1.66. The van der Waals surface area contributed by atoms with Crippen molar-refractivity contribution < 1.29 is 43.7 Å². The summed E-state index contributed by atoms with van der Waals surface area (Å²) in [5.41, 5.74) is 0. The SMILES string of the molecule is O=C1O[C@@H](C(O)CO)C(O)=C1OP(=O)([O-])[O-].[Mg+2]. The van der Waals surface area contributed by atoms with Crippen molar-refractivity contribution in [1.29, 1.82) is 0 Å². The van der Waals surface area contributed by atoms with Gasteiger partial charge < -0.3 is 38.9 Å². The number of phosphoric acid groups is 1. The van der Waals surface area contributed by atoms with Gasteiger partial charge in [0.15, 0.2) is 11.9 Å². The van der Waals surface area contributed by atoms with Gasteiger partial charge in [0.1, 0.15) is 13.9 Å². The van der Waals surface area contributed by atoms with Crippen molar-refractivity contribution in [2.45, 2.75) is 12.2 Å². The van der Waals surface area contributed by atoms with Crippen molar-refractivity contribution in [2.24, 2.45) is 0 Å². The van der Waals surface area contributed by atoms with Gasteiger partial charge in [-0.15, -0.1) is 0 Å². The van der Waals surface area contributed by atoms with Crippen LogP contribution in [-0.2, 0) is 18.6 Å². The van der Waals surface area contributed by atoms with Gasteiger partial charge in [0.05, 0.1) is 6.61 Å². The summed E-state index contributed by atoms with van der Waals surface area (Å²) in [5.74, 6) is -3.67. The molecule has 1 aliphatic rings. The number of phosphoric ester groups is 1. The second-order valence-electron chi connectivity index (χ2n) is 2.83. The van der Waals surface area contributed by atoms with E-state index in [2.05, 4.69) is 9.26 Å². The standard InChI is InChI=1S/C6H9O9P.Mg/c7-1-2(8)4-3(9)5(6(10)14-4)15-16(11,12)13;/h2,4,7-9H,1H2,(H2,11,12,13);/q;+2/p-2/t2?,4-;/m0./s1. The van der Waals surface area contributed by atoms with Crippen molar-refractivity contribution >= 4 is 36.8 Å². The van der Waals surface area contributed by atoms with Crippen LogP contribution in [0.25, 0.3) is 0 Å². The van der Waals surface area contributed by atoms with Gasteiger partial charge in [-0.3, -0.25) is 0 Å². The fourth-order valence-electron chi connectivity index (χ4n) is 1.01. The maximum atomic E-state index is 10.9. The first-order valence-electron chi connectivity index (χ1n) is 3.91. The Kier molecular flexibility index (Phi) is 5.88. The van der Waals surface area contributed by atoms with Gasteiger partial charge >= 0.3 is 29.0 Å². The monoisotopic (exact) mass is 278 g/mol. The Hall–Kier alpha value is -0.354. The topological polar surface area (TPSA) is 159 Å². The number of hydrogen-bond donors (Lipinski definition) is 3. The van der Waals surface area contributed by atoms with Crippen molar-refractivity contribution in [2.75, 3.05) is 6.61 Å². The van der Waals surface area contributed by atoms with E-state index in [-0.39, 0.29) is 23.1 Å². The normalized spacial score (nSPS) is 21.9. The summed E-state index contributed by atoms with van der Waals surface area (Å²) < 4.78 is 18.2. The van der Waals surface area contributed by atoms with E-state index in [4.69, 9.17) is 10.2 Å². The molecule has 0 radical (unpaired) electrons. The van der Waals surface area contributed by atoms with Crippen LogP contribution in [-0.4, -0.2) is 63.2 Å². The van der Waals surface area contributed by atoms with Crippen molar-refractivity contribution in [1.82, 2.24) is 0 Å². The number of aliphatic hydroxyl groups is 3. The van der Waals surface area contributed by atoms with E-state index >= 15 is 0 Å². The van der Waals surface area contributed by atoms with E-state index in [1.165, 1.54) is 0 Å². The molecule has 0 aromatic carbocycles. The van der Waals surface area contributed by atoms with E-state index in [0.717, 1.165) is 0 Å². The van der Waals surface area contributed by atoms with Crippen molar-refractivity contribution in [3.8, 4) is 0 Å². The molecule has 0 aliphatic carbocycles. The van der Waals surface area contributed by atoms with Gasteiger partial charge in [-0.05, 0) is 0 Å². The van der Waals surface area contributed by atoms with Crippen molar-refractivity contribution in [3.05, 3.63) is 11.5 Å². The molecule has 0 aromatic rings. The summed E-state index contributed by atoms with van der Waals surface area (Å²) in [5, 5.41) is 26.8. The quantitative estimate of drug-likeness (QED) is 0.269. The first-order valence-corrected chi connectivity index (χ1v) is 5.37. The fourth-order valence-corrected chi connectivity index (χ4v) is 1.40. The smallest absolute Gasteiger partial charge is 0.780 e. The molecule has 0 saturated heterocycles. The van der Waals surface area contributed by atoms with Gasteiger partial charge in [-0.2, -0.15) is 0 Å². The largest absolute Gasteiger partial charge is 2.00 e. The summed E-state index contributed by atoms with van der Waals surface area (Å²) in [7, 11) is -5.52. The van der Waals surface area contributed by atoms with E-state index < -0.39 is 44.1 Å². The van der Waals surface area contributed by atoms with E-state index in [0.29, 0.717) is 0 Å². The van der Waals surface area contributed by atoms with E-state index in [1.54, 1.807) is 0 Å². The summed E-state index contributed by atoms with van der Waals surface area (Å²) in [6.45, 7) is -0.846. The van der Waals surface area contributed by atoms with Gasteiger partial charge in [0.25, 0.3) is 5.76 Å². The maximum Gasteiger partial charge on any atom is 2.00 e. The second-order valence-corrected chi connectivity index (χ2v) is 3.91. The molecule has 0 fully saturated rings. The van der Waals surface area contributed by atoms with Crippen LogP contribution in [0.2, 0.25) is 0 Å². The van der Waals surface area contributed by atoms with E-state index in [9.17, 15) is 24.3 Å². The van der Waals surface area contributed by atoms with Crippen LogP contribution >= 0.6 is 7.82 Å². The third-order valence-corrected chi connectivity index (χ3v) is 2.07. The van der Waals surface area contributed by atoms with Crippen LogP contribution in [0.15, 0.2) is 11.5 Å². The molecule has 1 unspecified atom stereocenters. The Morgan fingerprint density at radius 1 is 1.53 bits per heavy atom. The predicted molar refractivity (Wildman–Crippen MR) is 47.1 cm³/mol. The molecule has 0 bridgehead atoms. The molecule has 11 heteroatoms. The molecule has 9 nitrogen and oxygen atoms in total. The second kappa shape index (κ2) is 6.00. The third kappa shape index (κ3) is 4.10. The molecule has 0 saturated carbocycles. The van der Waals surface area contributed by atoms with Crippen LogP contribution in [0.1, 0.15) is 0 Å². The number of carbonyl (C=O) groups is 1. The molecule has 92 valence electrons. The summed E-state index contributed by atoms with van der Waals surface area (Å²) in [4.78, 5) is 31.4. The minimum Gasteiger partial charge on any atom is -0.780 e. The Balaban J connectivity index is 0.00000256.